The number of rotatable bonds is 7. The van der Waals surface area contributed by atoms with Crippen molar-refractivity contribution in [3.05, 3.63) is 70.0 Å². The second-order valence-corrected chi connectivity index (χ2v) is 7.15. The molecule has 0 bridgehead atoms. The first-order chi connectivity index (χ1) is 13.6. The number of nitrogens with zero attached hydrogens (tertiary/aromatic N) is 3. The van der Waals surface area contributed by atoms with E-state index in [0.717, 1.165) is 12.0 Å². The largest absolute Gasteiger partial charge is 0.352 e. The number of amides is 1. The van der Waals surface area contributed by atoms with Crippen molar-refractivity contribution in [1.29, 1.82) is 5.26 Å². The van der Waals surface area contributed by atoms with E-state index < -0.39 is 0 Å². The molecule has 0 radical (unpaired) electrons. The van der Waals surface area contributed by atoms with E-state index in [4.69, 9.17) is 5.26 Å². The van der Waals surface area contributed by atoms with Gasteiger partial charge in [-0.3, -0.25) is 14.2 Å². The van der Waals surface area contributed by atoms with E-state index in [2.05, 4.69) is 16.4 Å². The fraction of sp³-hybridized carbons (Fsp3) is 0.238. The summed E-state index contributed by atoms with van der Waals surface area (Å²) >= 11 is 1.21. The summed E-state index contributed by atoms with van der Waals surface area (Å²) in [6.07, 6.45) is 0.844. The number of nitriles is 1. The third-order valence-corrected chi connectivity index (χ3v) is 5.01. The zero-order chi connectivity index (χ0) is 19.9. The standard InChI is InChI=1S/C21H20N4O2S/c1-2-11-23-19(26)16-8-9-17-18(13-16)24-21(28-12-10-22)25(20(17)27)14-15-6-4-3-5-7-15/h3-9,13H,2,11-12,14H2,1H3,(H,23,26). The zero-order valence-corrected chi connectivity index (χ0v) is 16.3. The molecule has 28 heavy (non-hydrogen) atoms. The Bertz CT molecular complexity index is 1090. The highest BCUT2D eigenvalue weighted by atomic mass is 32.2. The fourth-order valence-electron chi connectivity index (χ4n) is 2.79. The molecule has 142 valence electrons. The van der Waals surface area contributed by atoms with Crippen LogP contribution in [-0.2, 0) is 6.54 Å². The summed E-state index contributed by atoms with van der Waals surface area (Å²) in [5.41, 5.74) is 1.71. The smallest absolute Gasteiger partial charge is 0.262 e. The monoisotopic (exact) mass is 392 g/mol. The van der Waals surface area contributed by atoms with Crippen LogP contribution in [-0.4, -0.2) is 27.8 Å². The van der Waals surface area contributed by atoms with Crippen LogP contribution in [0.3, 0.4) is 0 Å². The van der Waals surface area contributed by atoms with Crippen molar-refractivity contribution in [3.8, 4) is 6.07 Å². The van der Waals surface area contributed by atoms with Crippen molar-refractivity contribution in [2.45, 2.75) is 25.0 Å². The molecule has 6 nitrogen and oxygen atoms in total. The molecule has 1 N–H and O–H groups in total. The van der Waals surface area contributed by atoms with Crippen LogP contribution in [0.15, 0.2) is 58.5 Å². The Hall–Kier alpha value is -3.11. The second-order valence-electron chi connectivity index (χ2n) is 6.21. The third-order valence-electron chi connectivity index (χ3n) is 4.17. The van der Waals surface area contributed by atoms with Crippen LogP contribution >= 0.6 is 11.8 Å². The molecule has 3 rings (SSSR count). The number of hydrogen-bond donors (Lipinski definition) is 1. The first-order valence-electron chi connectivity index (χ1n) is 9.00. The SMILES string of the molecule is CCCNC(=O)c1ccc2c(=O)n(Cc3ccccc3)c(SCC#N)nc2c1. The highest BCUT2D eigenvalue weighted by molar-refractivity contribution is 7.99. The number of aromatic nitrogens is 2. The summed E-state index contributed by atoms with van der Waals surface area (Å²) in [5.74, 6) is -0.00565. The van der Waals surface area contributed by atoms with Gasteiger partial charge < -0.3 is 5.32 Å². The normalized spacial score (nSPS) is 10.6. The maximum atomic E-state index is 13.1. The molecule has 1 heterocycles. The number of carbonyl (C=O) groups excluding carboxylic acids is 1. The number of thioether (sulfide) groups is 1. The summed E-state index contributed by atoms with van der Waals surface area (Å²) in [6.45, 7) is 2.94. The lowest BCUT2D eigenvalue weighted by atomic mass is 10.1. The van der Waals surface area contributed by atoms with Crippen molar-refractivity contribution in [2.75, 3.05) is 12.3 Å². The van der Waals surface area contributed by atoms with Gasteiger partial charge in [0.05, 0.1) is 29.3 Å². The predicted molar refractivity (Wildman–Crippen MR) is 111 cm³/mol. The lowest BCUT2D eigenvalue weighted by molar-refractivity contribution is 0.0954. The first-order valence-corrected chi connectivity index (χ1v) is 9.99. The quantitative estimate of drug-likeness (QED) is 0.493. The molecule has 1 aromatic heterocycles. The Balaban J connectivity index is 2.07. The highest BCUT2D eigenvalue weighted by Crippen LogP contribution is 2.19. The minimum absolute atomic E-state index is 0.184. The van der Waals surface area contributed by atoms with E-state index >= 15 is 0 Å². The van der Waals surface area contributed by atoms with Gasteiger partial charge in [0.1, 0.15) is 0 Å². The molecule has 1 amide bonds. The Labute approximate surface area is 167 Å². The maximum absolute atomic E-state index is 13.1. The van der Waals surface area contributed by atoms with E-state index in [1.807, 2.05) is 37.3 Å². The summed E-state index contributed by atoms with van der Waals surface area (Å²) in [7, 11) is 0. The Morgan fingerprint density at radius 1 is 1.25 bits per heavy atom. The molecule has 0 saturated carbocycles. The second kappa shape index (κ2) is 9.20. The lowest BCUT2D eigenvalue weighted by Crippen LogP contribution is -2.26. The molecular weight excluding hydrogens is 372 g/mol. The van der Waals surface area contributed by atoms with E-state index in [9.17, 15) is 9.59 Å². The van der Waals surface area contributed by atoms with E-state index in [-0.39, 0.29) is 17.2 Å². The molecule has 3 aromatic rings. The van der Waals surface area contributed by atoms with Gasteiger partial charge in [0.2, 0.25) is 0 Å². The van der Waals surface area contributed by atoms with Crippen LogP contribution in [0.4, 0.5) is 0 Å². The average Bonchev–Trinajstić information content (AvgIpc) is 2.73. The van der Waals surface area contributed by atoms with E-state index in [1.165, 1.54) is 11.8 Å². The number of fused-ring (bicyclic) bond motifs is 1. The maximum Gasteiger partial charge on any atom is 0.262 e. The number of nitrogens with one attached hydrogen (secondary N) is 1. The number of benzene rings is 2. The van der Waals surface area contributed by atoms with Gasteiger partial charge in [0, 0.05) is 12.1 Å². The molecule has 0 aliphatic carbocycles. The molecule has 0 aliphatic heterocycles. The van der Waals surface area contributed by atoms with Crippen LogP contribution in [0.2, 0.25) is 0 Å². The van der Waals surface area contributed by atoms with Gasteiger partial charge in [-0.1, -0.05) is 49.0 Å². The van der Waals surface area contributed by atoms with Crippen molar-refractivity contribution in [3.63, 3.8) is 0 Å². The van der Waals surface area contributed by atoms with Crippen molar-refractivity contribution >= 4 is 28.6 Å². The number of hydrogen-bond acceptors (Lipinski definition) is 5. The molecular formula is C21H20N4O2S. The van der Waals surface area contributed by atoms with Crippen LogP contribution in [0, 0.1) is 11.3 Å². The molecule has 0 aliphatic rings. The summed E-state index contributed by atoms with van der Waals surface area (Å²) in [5, 5.41) is 12.7. The molecule has 0 atom stereocenters. The van der Waals surface area contributed by atoms with Gasteiger partial charge in [-0.15, -0.1) is 0 Å². The average molecular weight is 392 g/mol. The van der Waals surface area contributed by atoms with Gasteiger partial charge in [-0.05, 0) is 30.2 Å². The Morgan fingerprint density at radius 3 is 2.75 bits per heavy atom. The van der Waals surface area contributed by atoms with Crippen LogP contribution < -0.4 is 10.9 Å². The van der Waals surface area contributed by atoms with Gasteiger partial charge in [0.25, 0.3) is 11.5 Å². The van der Waals surface area contributed by atoms with Crippen molar-refractivity contribution in [1.82, 2.24) is 14.9 Å². The zero-order valence-electron chi connectivity index (χ0n) is 15.5. The molecule has 0 fully saturated rings. The van der Waals surface area contributed by atoms with Crippen LogP contribution in [0.25, 0.3) is 10.9 Å². The minimum Gasteiger partial charge on any atom is -0.352 e. The highest BCUT2D eigenvalue weighted by Gasteiger charge is 2.14. The first kappa shape index (κ1) is 19.6. The summed E-state index contributed by atoms with van der Waals surface area (Å²) in [4.78, 5) is 29.9. The predicted octanol–water partition coefficient (Wildman–Crippen LogP) is 3.20. The Kier molecular flexibility index (Phi) is 6.45. The van der Waals surface area contributed by atoms with Gasteiger partial charge in [-0.2, -0.15) is 5.26 Å². The molecule has 2 aromatic carbocycles. The molecule has 7 heteroatoms. The number of carbonyl (C=O) groups is 1. The van der Waals surface area contributed by atoms with Crippen molar-refractivity contribution in [2.24, 2.45) is 0 Å². The molecule has 0 saturated heterocycles. The Morgan fingerprint density at radius 2 is 2.04 bits per heavy atom. The summed E-state index contributed by atoms with van der Waals surface area (Å²) in [6, 6.07) is 16.6. The topological polar surface area (TPSA) is 87.8 Å². The van der Waals surface area contributed by atoms with Crippen LogP contribution in [0.5, 0.6) is 0 Å². The fourth-order valence-corrected chi connectivity index (χ4v) is 3.45. The van der Waals surface area contributed by atoms with Crippen molar-refractivity contribution < 1.29 is 4.79 Å². The minimum atomic E-state index is -0.190. The molecule has 0 spiro atoms. The van der Waals surface area contributed by atoms with E-state index in [1.54, 1.807) is 22.8 Å². The van der Waals surface area contributed by atoms with E-state index in [0.29, 0.717) is 34.7 Å². The van der Waals surface area contributed by atoms with Crippen LogP contribution in [0.1, 0.15) is 29.3 Å². The molecule has 0 unspecified atom stereocenters. The lowest BCUT2D eigenvalue weighted by Gasteiger charge is -2.13. The summed E-state index contributed by atoms with van der Waals surface area (Å²) < 4.78 is 1.58. The van der Waals surface area contributed by atoms with Gasteiger partial charge in [-0.25, -0.2) is 4.98 Å². The third kappa shape index (κ3) is 4.41. The van der Waals surface area contributed by atoms with Gasteiger partial charge in [0.15, 0.2) is 5.16 Å². The van der Waals surface area contributed by atoms with Gasteiger partial charge >= 0.3 is 0 Å².